The van der Waals surface area contributed by atoms with Crippen molar-refractivity contribution in [3.8, 4) is 0 Å². The van der Waals surface area contributed by atoms with Gasteiger partial charge in [0.05, 0.1) is 17.7 Å². The van der Waals surface area contributed by atoms with E-state index in [0.29, 0.717) is 5.56 Å². The molecule has 0 saturated carbocycles. The maximum Gasteiger partial charge on any atom is 0.195 e. The molecule has 2 aromatic carbocycles. The number of hydrogen-bond acceptors (Lipinski definition) is 3. The molecule has 0 amide bonds. The second kappa shape index (κ2) is 7.20. The van der Waals surface area contributed by atoms with Crippen LogP contribution in [0.1, 0.15) is 15.9 Å². The molecule has 0 saturated heterocycles. The van der Waals surface area contributed by atoms with Gasteiger partial charge in [0.1, 0.15) is 5.82 Å². The summed E-state index contributed by atoms with van der Waals surface area (Å²) >= 11 is 5.51. The van der Waals surface area contributed by atoms with Crippen LogP contribution in [0.3, 0.4) is 0 Å². The van der Waals surface area contributed by atoms with Gasteiger partial charge in [-0.1, -0.05) is 36.4 Å². The Kier molecular flexibility index (Phi) is 5.31. The SMILES string of the molecule is O=C(c1ccccc1)c1cccc(F)c1NCC(O)CCl. The zero-order chi connectivity index (χ0) is 15.2. The van der Waals surface area contributed by atoms with Crippen molar-refractivity contribution < 1.29 is 14.3 Å². The maximum absolute atomic E-state index is 14.0. The van der Waals surface area contributed by atoms with Gasteiger partial charge in [-0.15, -0.1) is 11.6 Å². The summed E-state index contributed by atoms with van der Waals surface area (Å²) in [5.74, 6) is -0.792. The van der Waals surface area contributed by atoms with Crippen molar-refractivity contribution in [3.63, 3.8) is 0 Å². The van der Waals surface area contributed by atoms with E-state index in [1.165, 1.54) is 12.1 Å². The van der Waals surface area contributed by atoms with E-state index >= 15 is 0 Å². The minimum absolute atomic E-state index is 0.0312. The lowest BCUT2D eigenvalue weighted by molar-refractivity contribution is 0.103. The van der Waals surface area contributed by atoms with Gasteiger partial charge in [0.25, 0.3) is 0 Å². The topological polar surface area (TPSA) is 49.3 Å². The molecule has 1 atom stereocenters. The summed E-state index contributed by atoms with van der Waals surface area (Å²) in [6.07, 6.45) is -0.814. The Labute approximate surface area is 127 Å². The van der Waals surface area contributed by atoms with Crippen molar-refractivity contribution in [1.29, 1.82) is 0 Å². The molecule has 3 nitrogen and oxygen atoms in total. The molecule has 0 spiro atoms. The van der Waals surface area contributed by atoms with Crippen LogP contribution < -0.4 is 5.32 Å². The van der Waals surface area contributed by atoms with Crippen molar-refractivity contribution in [1.82, 2.24) is 0 Å². The average molecular weight is 308 g/mol. The molecule has 2 aromatic rings. The van der Waals surface area contributed by atoms with E-state index in [-0.39, 0.29) is 29.5 Å². The number of alkyl halides is 1. The minimum atomic E-state index is -0.814. The summed E-state index contributed by atoms with van der Waals surface area (Å²) in [4.78, 5) is 12.4. The third-order valence-electron chi connectivity index (χ3n) is 2.99. The van der Waals surface area contributed by atoms with Gasteiger partial charge in [0.2, 0.25) is 0 Å². The van der Waals surface area contributed by atoms with Gasteiger partial charge in [-0.25, -0.2) is 4.39 Å². The average Bonchev–Trinajstić information content (AvgIpc) is 2.53. The Morgan fingerprint density at radius 2 is 1.90 bits per heavy atom. The number of nitrogens with one attached hydrogen (secondary N) is 1. The largest absolute Gasteiger partial charge is 0.390 e. The van der Waals surface area contributed by atoms with Crippen LogP contribution in [0.5, 0.6) is 0 Å². The number of carbonyl (C=O) groups is 1. The molecular formula is C16H15ClFNO2. The van der Waals surface area contributed by atoms with Gasteiger partial charge < -0.3 is 10.4 Å². The Morgan fingerprint density at radius 1 is 1.19 bits per heavy atom. The molecule has 5 heteroatoms. The summed E-state index contributed by atoms with van der Waals surface area (Å²) in [7, 11) is 0. The predicted octanol–water partition coefficient (Wildman–Crippen LogP) is 3.07. The molecule has 21 heavy (non-hydrogen) atoms. The van der Waals surface area contributed by atoms with Crippen LogP contribution in [0.25, 0.3) is 0 Å². The normalized spacial score (nSPS) is 12.0. The van der Waals surface area contributed by atoms with E-state index in [1.54, 1.807) is 36.4 Å². The molecule has 0 bridgehead atoms. The third-order valence-corrected chi connectivity index (χ3v) is 3.34. The van der Waals surface area contributed by atoms with Crippen molar-refractivity contribution >= 4 is 23.1 Å². The van der Waals surface area contributed by atoms with Gasteiger partial charge in [0, 0.05) is 17.7 Å². The van der Waals surface area contributed by atoms with E-state index < -0.39 is 11.9 Å². The molecule has 1 unspecified atom stereocenters. The minimum Gasteiger partial charge on any atom is -0.390 e. The van der Waals surface area contributed by atoms with E-state index in [0.717, 1.165) is 0 Å². The summed E-state index contributed by atoms with van der Waals surface area (Å²) in [6.45, 7) is 0.0690. The van der Waals surface area contributed by atoms with Crippen LogP contribution in [0.4, 0.5) is 10.1 Å². The fraction of sp³-hybridized carbons (Fsp3) is 0.188. The maximum atomic E-state index is 14.0. The molecule has 0 aliphatic carbocycles. The van der Waals surface area contributed by atoms with Gasteiger partial charge in [-0.2, -0.15) is 0 Å². The molecule has 2 rings (SSSR count). The lowest BCUT2D eigenvalue weighted by Gasteiger charge is -2.14. The molecule has 0 heterocycles. The Hall–Kier alpha value is -1.91. The van der Waals surface area contributed by atoms with E-state index in [4.69, 9.17) is 11.6 Å². The summed E-state index contributed by atoms with van der Waals surface area (Å²) in [5.41, 5.74) is 0.780. The molecular weight excluding hydrogens is 293 g/mol. The molecule has 2 N–H and O–H groups in total. The highest BCUT2D eigenvalue weighted by Crippen LogP contribution is 2.23. The standard InChI is InChI=1S/C16H15ClFNO2/c17-9-12(20)10-19-15-13(7-4-8-14(15)18)16(21)11-5-2-1-3-6-11/h1-8,12,19-20H,9-10H2. The number of benzene rings is 2. The molecule has 110 valence electrons. The van der Waals surface area contributed by atoms with E-state index in [1.807, 2.05) is 0 Å². The molecule has 0 aromatic heterocycles. The first-order valence-corrected chi connectivity index (χ1v) is 7.03. The summed E-state index contributed by atoms with van der Waals surface area (Å²) < 4.78 is 14.0. The third kappa shape index (κ3) is 3.80. The highest BCUT2D eigenvalue weighted by atomic mass is 35.5. The van der Waals surface area contributed by atoms with Crippen LogP contribution >= 0.6 is 11.6 Å². The van der Waals surface area contributed by atoms with Crippen LogP contribution in [0.15, 0.2) is 48.5 Å². The summed E-state index contributed by atoms with van der Waals surface area (Å²) in [6, 6.07) is 12.9. The van der Waals surface area contributed by atoms with E-state index in [2.05, 4.69) is 5.32 Å². The zero-order valence-electron chi connectivity index (χ0n) is 11.2. The first-order chi connectivity index (χ1) is 10.1. The van der Waals surface area contributed by atoms with Gasteiger partial charge in [-0.05, 0) is 12.1 Å². The number of aliphatic hydroxyl groups is 1. The van der Waals surface area contributed by atoms with Crippen molar-refractivity contribution in [2.24, 2.45) is 0 Å². The summed E-state index contributed by atoms with van der Waals surface area (Å²) in [5, 5.41) is 12.2. The highest BCUT2D eigenvalue weighted by Gasteiger charge is 2.17. The Bertz CT molecular complexity index is 619. The fourth-order valence-electron chi connectivity index (χ4n) is 1.91. The zero-order valence-corrected chi connectivity index (χ0v) is 12.0. The van der Waals surface area contributed by atoms with Crippen LogP contribution in [-0.4, -0.2) is 29.4 Å². The highest BCUT2D eigenvalue weighted by molar-refractivity contribution is 6.18. The van der Waals surface area contributed by atoms with Crippen LogP contribution in [-0.2, 0) is 0 Å². The fourth-order valence-corrected chi connectivity index (χ4v) is 2.02. The number of ketones is 1. The van der Waals surface area contributed by atoms with Crippen molar-refractivity contribution in [2.75, 3.05) is 17.7 Å². The van der Waals surface area contributed by atoms with Gasteiger partial charge in [-0.3, -0.25) is 4.79 Å². The Morgan fingerprint density at radius 3 is 2.57 bits per heavy atom. The molecule has 0 radical (unpaired) electrons. The number of anilines is 1. The number of hydrogen-bond donors (Lipinski definition) is 2. The second-order valence-corrected chi connectivity index (χ2v) is 4.86. The molecule has 0 aliphatic rings. The lowest BCUT2D eigenvalue weighted by atomic mass is 10.0. The van der Waals surface area contributed by atoms with Crippen molar-refractivity contribution in [2.45, 2.75) is 6.10 Å². The smallest absolute Gasteiger partial charge is 0.195 e. The molecule has 0 aliphatic heterocycles. The monoisotopic (exact) mass is 307 g/mol. The number of aliphatic hydroxyl groups excluding tert-OH is 1. The molecule has 0 fully saturated rings. The van der Waals surface area contributed by atoms with Crippen LogP contribution in [0.2, 0.25) is 0 Å². The first kappa shape index (κ1) is 15.5. The predicted molar refractivity (Wildman–Crippen MR) is 81.5 cm³/mol. The number of halogens is 2. The number of rotatable bonds is 6. The number of carbonyl (C=O) groups excluding carboxylic acids is 1. The first-order valence-electron chi connectivity index (χ1n) is 6.49. The lowest BCUT2D eigenvalue weighted by Crippen LogP contribution is -2.22. The van der Waals surface area contributed by atoms with Crippen LogP contribution in [0, 0.1) is 5.82 Å². The van der Waals surface area contributed by atoms with Gasteiger partial charge in [0.15, 0.2) is 5.78 Å². The second-order valence-electron chi connectivity index (χ2n) is 4.55. The quantitative estimate of drug-likeness (QED) is 0.637. The van der Waals surface area contributed by atoms with Crippen molar-refractivity contribution in [3.05, 3.63) is 65.5 Å². The number of para-hydroxylation sites is 1. The Balaban J connectivity index is 2.31. The van der Waals surface area contributed by atoms with Gasteiger partial charge >= 0.3 is 0 Å². The van der Waals surface area contributed by atoms with E-state index in [9.17, 15) is 14.3 Å².